The van der Waals surface area contributed by atoms with E-state index >= 15 is 0 Å². The number of thiophene rings is 1. The summed E-state index contributed by atoms with van der Waals surface area (Å²) in [5.41, 5.74) is 1.37. The highest BCUT2D eigenvalue weighted by Gasteiger charge is 2.27. The van der Waals surface area contributed by atoms with Gasteiger partial charge in [0.2, 0.25) is 0 Å². The molecule has 0 aliphatic carbocycles. The van der Waals surface area contributed by atoms with E-state index in [0.717, 1.165) is 26.2 Å². The molecule has 1 aromatic heterocycles. The molecule has 1 aromatic rings. The second kappa shape index (κ2) is 7.20. The standard InChI is InChI=1S/C15H24N2O2S/c1-4-19-13(3)15(18)17-8-6-16(7-9-17)12(2)14-5-10-20-11-14/h5,10-13H,4,6-9H2,1-3H3/t12-,13-/m1/s1. The summed E-state index contributed by atoms with van der Waals surface area (Å²) in [6, 6.07) is 2.62. The van der Waals surface area contributed by atoms with E-state index in [1.165, 1.54) is 5.56 Å². The second-order valence-electron chi connectivity index (χ2n) is 5.19. The van der Waals surface area contributed by atoms with Crippen molar-refractivity contribution in [1.29, 1.82) is 0 Å². The van der Waals surface area contributed by atoms with Crippen LogP contribution in [0.3, 0.4) is 0 Å². The van der Waals surface area contributed by atoms with Gasteiger partial charge in [-0.2, -0.15) is 11.3 Å². The first-order chi connectivity index (χ1) is 9.63. The molecule has 1 aliphatic rings. The van der Waals surface area contributed by atoms with Crippen molar-refractivity contribution in [2.24, 2.45) is 0 Å². The molecule has 20 heavy (non-hydrogen) atoms. The van der Waals surface area contributed by atoms with Crippen molar-refractivity contribution in [1.82, 2.24) is 9.80 Å². The molecule has 2 atom stereocenters. The fourth-order valence-corrected chi connectivity index (χ4v) is 3.38. The minimum Gasteiger partial charge on any atom is -0.369 e. The SMILES string of the molecule is CCO[C@H](C)C(=O)N1CCN([C@H](C)c2ccsc2)CC1. The molecule has 1 amide bonds. The predicted molar refractivity (Wildman–Crippen MR) is 82.0 cm³/mol. The average Bonchev–Trinajstić information content (AvgIpc) is 3.00. The Morgan fingerprint density at radius 3 is 2.60 bits per heavy atom. The van der Waals surface area contributed by atoms with Crippen molar-refractivity contribution >= 4 is 17.2 Å². The van der Waals surface area contributed by atoms with Crippen molar-refractivity contribution in [3.05, 3.63) is 22.4 Å². The normalized spacial score (nSPS) is 19.9. The van der Waals surface area contributed by atoms with Crippen LogP contribution in [-0.2, 0) is 9.53 Å². The predicted octanol–water partition coefficient (Wildman–Crippen LogP) is 2.38. The molecule has 1 saturated heterocycles. The van der Waals surface area contributed by atoms with Gasteiger partial charge in [0.25, 0.3) is 5.91 Å². The number of hydrogen-bond acceptors (Lipinski definition) is 4. The van der Waals surface area contributed by atoms with E-state index in [9.17, 15) is 4.79 Å². The Bertz CT molecular complexity index is 414. The molecule has 1 fully saturated rings. The van der Waals surface area contributed by atoms with Gasteiger partial charge in [0.05, 0.1) is 0 Å². The van der Waals surface area contributed by atoms with Gasteiger partial charge in [-0.3, -0.25) is 9.69 Å². The number of carbonyl (C=O) groups excluding carboxylic acids is 1. The van der Waals surface area contributed by atoms with E-state index in [1.54, 1.807) is 11.3 Å². The first-order valence-corrected chi connectivity index (χ1v) is 8.24. The molecular weight excluding hydrogens is 272 g/mol. The Morgan fingerprint density at radius 1 is 1.35 bits per heavy atom. The zero-order valence-corrected chi connectivity index (χ0v) is 13.4. The van der Waals surface area contributed by atoms with Gasteiger partial charge in [0, 0.05) is 38.8 Å². The largest absolute Gasteiger partial charge is 0.369 e. The van der Waals surface area contributed by atoms with Gasteiger partial charge in [-0.15, -0.1) is 0 Å². The lowest BCUT2D eigenvalue weighted by Gasteiger charge is -2.38. The molecule has 0 radical (unpaired) electrons. The second-order valence-corrected chi connectivity index (χ2v) is 5.97. The highest BCUT2D eigenvalue weighted by Crippen LogP contribution is 2.23. The molecule has 1 aliphatic heterocycles. The van der Waals surface area contributed by atoms with E-state index in [0.29, 0.717) is 12.6 Å². The van der Waals surface area contributed by atoms with Crippen molar-refractivity contribution in [2.45, 2.75) is 32.9 Å². The van der Waals surface area contributed by atoms with Crippen molar-refractivity contribution in [3.63, 3.8) is 0 Å². The fraction of sp³-hybridized carbons (Fsp3) is 0.667. The first-order valence-electron chi connectivity index (χ1n) is 7.30. The number of rotatable bonds is 5. The fourth-order valence-electron chi connectivity index (χ4n) is 2.63. The molecule has 2 heterocycles. The van der Waals surface area contributed by atoms with Gasteiger partial charge >= 0.3 is 0 Å². The summed E-state index contributed by atoms with van der Waals surface area (Å²) in [4.78, 5) is 16.5. The molecule has 0 aromatic carbocycles. The van der Waals surface area contributed by atoms with Crippen molar-refractivity contribution in [3.8, 4) is 0 Å². The zero-order chi connectivity index (χ0) is 14.5. The number of nitrogens with zero attached hydrogens (tertiary/aromatic N) is 2. The van der Waals surface area contributed by atoms with Crippen LogP contribution in [-0.4, -0.2) is 54.6 Å². The summed E-state index contributed by atoms with van der Waals surface area (Å²) in [7, 11) is 0. The summed E-state index contributed by atoms with van der Waals surface area (Å²) in [5.74, 6) is 0.120. The molecule has 4 nitrogen and oxygen atoms in total. The van der Waals surface area contributed by atoms with Crippen LogP contribution >= 0.6 is 11.3 Å². The first kappa shape index (κ1) is 15.5. The minimum absolute atomic E-state index is 0.120. The Morgan fingerprint density at radius 2 is 2.05 bits per heavy atom. The van der Waals surface area contributed by atoms with Gasteiger partial charge in [0.15, 0.2) is 0 Å². The molecule has 0 bridgehead atoms. The van der Waals surface area contributed by atoms with Crippen molar-refractivity contribution < 1.29 is 9.53 Å². The Balaban J connectivity index is 1.84. The lowest BCUT2D eigenvalue weighted by atomic mass is 10.1. The summed E-state index contributed by atoms with van der Waals surface area (Å²) in [6.45, 7) is 10.0. The van der Waals surface area contributed by atoms with Crippen molar-refractivity contribution in [2.75, 3.05) is 32.8 Å². The Kier molecular flexibility index (Phi) is 5.57. The van der Waals surface area contributed by atoms with Crippen LogP contribution < -0.4 is 0 Å². The lowest BCUT2D eigenvalue weighted by Crippen LogP contribution is -2.51. The lowest BCUT2D eigenvalue weighted by molar-refractivity contribution is -0.144. The monoisotopic (exact) mass is 296 g/mol. The number of hydrogen-bond donors (Lipinski definition) is 0. The summed E-state index contributed by atoms with van der Waals surface area (Å²) in [5, 5.41) is 4.33. The van der Waals surface area contributed by atoms with Gasteiger partial charge in [-0.25, -0.2) is 0 Å². The third-order valence-corrected chi connectivity index (χ3v) is 4.67. The van der Waals surface area contributed by atoms with Gasteiger partial charge < -0.3 is 9.64 Å². The van der Waals surface area contributed by atoms with Crippen LogP contribution in [0.1, 0.15) is 32.4 Å². The van der Waals surface area contributed by atoms with Crippen LogP contribution in [0.4, 0.5) is 0 Å². The van der Waals surface area contributed by atoms with E-state index in [2.05, 4.69) is 28.7 Å². The van der Waals surface area contributed by atoms with Crippen LogP contribution in [0.25, 0.3) is 0 Å². The molecule has 112 valence electrons. The summed E-state index contributed by atoms with van der Waals surface area (Å²) < 4.78 is 5.39. The van der Waals surface area contributed by atoms with Gasteiger partial charge in [-0.1, -0.05) is 0 Å². The molecular formula is C15H24N2O2S. The van der Waals surface area contributed by atoms with Crippen LogP contribution in [0.15, 0.2) is 16.8 Å². The number of amides is 1. The summed E-state index contributed by atoms with van der Waals surface area (Å²) >= 11 is 1.74. The van der Waals surface area contributed by atoms with E-state index in [1.807, 2.05) is 18.7 Å². The quantitative estimate of drug-likeness (QED) is 0.836. The molecule has 0 unspecified atom stereocenters. The molecule has 0 N–H and O–H groups in total. The Labute approximate surface area is 125 Å². The number of ether oxygens (including phenoxy) is 1. The maximum atomic E-state index is 12.2. The van der Waals surface area contributed by atoms with Crippen LogP contribution in [0.2, 0.25) is 0 Å². The highest BCUT2D eigenvalue weighted by atomic mass is 32.1. The van der Waals surface area contributed by atoms with Crippen LogP contribution in [0.5, 0.6) is 0 Å². The summed E-state index contributed by atoms with van der Waals surface area (Å²) in [6.07, 6.45) is -0.319. The maximum absolute atomic E-state index is 12.2. The smallest absolute Gasteiger partial charge is 0.251 e. The maximum Gasteiger partial charge on any atom is 0.251 e. The van der Waals surface area contributed by atoms with E-state index in [-0.39, 0.29) is 12.0 Å². The topological polar surface area (TPSA) is 32.8 Å². The third kappa shape index (κ3) is 3.59. The third-order valence-electron chi connectivity index (χ3n) is 3.96. The van der Waals surface area contributed by atoms with E-state index < -0.39 is 0 Å². The molecule has 2 rings (SSSR count). The minimum atomic E-state index is -0.319. The molecule has 0 saturated carbocycles. The highest BCUT2D eigenvalue weighted by molar-refractivity contribution is 7.07. The molecule has 0 spiro atoms. The molecule has 5 heteroatoms. The number of carbonyl (C=O) groups is 1. The Hall–Kier alpha value is -0.910. The van der Waals surface area contributed by atoms with E-state index in [4.69, 9.17) is 4.74 Å². The zero-order valence-electron chi connectivity index (χ0n) is 12.5. The average molecular weight is 296 g/mol. The number of piperazine rings is 1. The van der Waals surface area contributed by atoms with Gasteiger partial charge in [-0.05, 0) is 43.2 Å². The van der Waals surface area contributed by atoms with Gasteiger partial charge in [0.1, 0.15) is 6.10 Å². The van der Waals surface area contributed by atoms with Crippen LogP contribution in [0, 0.1) is 0 Å².